The lowest BCUT2D eigenvalue weighted by Gasteiger charge is -2.23. The van der Waals surface area contributed by atoms with Crippen LogP contribution in [-0.4, -0.2) is 24.0 Å². The Hall–Kier alpha value is -1.51. The fourth-order valence-corrected chi connectivity index (χ4v) is 3.50. The first-order valence-electron chi connectivity index (χ1n) is 8.30. The molecule has 1 saturated heterocycles. The van der Waals surface area contributed by atoms with Crippen LogP contribution in [0.5, 0.6) is 0 Å². The molecule has 0 spiro atoms. The van der Waals surface area contributed by atoms with E-state index < -0.39 is 0 Å². The summed E-state index contributed by atoms with van der Waals surface area (Å²) in [6.07, 6.45) is 6.13. The molecule has 0 radical (unpaired) electrons. The third kappa shape index (κ3) is 3.22. The molecule has 114 valence electrons. The van der Waals surface area contributed by atoms with Crippen LogP contribution in [0.3, 0.4) is 0 Å². The first-order valence-corrected chi connectivity index (χ1v) is 8.30. The highest BCUT2D eigenvalue weighted by Crippen LogP contribution is 2.25. The molecule has 2 atom stereocenters. The van der Waals surface area contributed by atoms with Crippen molar-refractivity contribution < 1.29 is 4.79 Å². The smallest absolute Gasteiger partial charge is 0.317 e. The second-order valence-corrected chi connectivity index (χ2v) is 6.75. The average Bonchev–Trinajstić information content (AvgIpc) is 2.93. The van der Waals surface area contributed by atoms with E-state index in [1.54, 1.807) is 0 Å². The number of fused-ring (bicyclic) bond motifs is 1. The van der Waals surface area contributed by atoms with Crippen molar-refractivity contribution in [3.8, 4) is 0 Å². The van der Waals surface area contributed by atoms with E-state index in [2.05, 4.69) is 37.4 Å². The molecule has 0 aromatic heterocycles. The highest BCUT2D eigenvalue weighted by atomic mass is 16.2. The molecule has 2 unspecified atom stereocenters. The van der Waals surface area contributed by atoms with Crippen LogP contribution in [0.4, 0.5) is 4.79 Å². The minimum absolute atomic E-state index is 0.0839. The van der Waals surface area contributed by atoms with Crippen molar-refractivity contribution >= 4 is 6.03 Å². The molecule has 21 heavy (non-hydrogen) atoms. The molecule has 1 aliphatic heterocycles. The monoisotopic (exact) mass is 286 g/mol. The standard InChI is InChI=1S/C18H26N2O/c1-13-9-10-20(12-13)18(21)19-14(2)16-8-7-15-5-3-4-6-17(15)11-16/h7-8,11,13-14H,3-6,9-10,12H2,1-2H3,(H,19,21). The van der Waals surface area contributed by atoms with Crippen LogP contribution < -0.4 is 5.32 Å². The Bertz CT molecular complexity index is 526. The van der Waals surface area contributed by atoms with Gasteiger partial charge >= 0.3 is 6.03 Å². The molecule has 1 N–H and O–H groups in total. The molecule has 1 fully saturated rings. The number of nitrogens with zero attached hydrogens (tertiary/aromatic N) is 1. The molecule has 3 heteroatoms. The van der Waals surface area contributed by atoms with E-state index in [-0.39, 0.29) is 12.1 Å². The third-order valence-corrected chi connectivity index (χ3v) is 4.92. The summed E-state index contributed by atoms with van der Waals surface area (Å²) in [5.41, 5.74) is 4.21. The summed E-state index contributed by atoms with van der Waals surface area (Å²) in [7, 11) is 0. The minimum Gasteiger partial charge on any atom is -0.331 e. The van der Waals surface area contributed by atoms with Crippen molar-refractivity contribution in [1.82, 2.24) is 10.2 Å². The lowest BCUT2D eigenvalue weighted by Crippen LogP contribution is -2.39. The zero-order valence-electron chi connectivity index (χ0n) is 13.2. The van der Waals surface area contributed by atoms with Gasteiger partial charge in [0.1, 0.15) is 0 Å². The Morgan fingerprint density at radius 1 is 1.29 bits per heavy atom. The van der Waals surface area contributed by atoms with Crippen molar-refractivity contribution in [3.05, 3.63) is 34.9 Å². The van der Waals surface area contributed by atoms with E-state index in [0.717, 1.165) is 19.5 Å². The van der Waals surface area contributed by atoms with Crippen molar-refractivity contribution in [1.29, 1.82) is 0 Å². The summed E-state index contributed by atoms with van der Waals surface area (Å²) in [6, 6.07) is 6.91. The number of likely N-dealkylation sites (tertiary alicyclic amines) is 1. The van der Waals surface area contributed by atoms with E-state index in [9.17, 15) is 4.79 Å². The van der Waals surface area contributed by atoms with Crippen molar-refractivity contribution in [2.24, 2.45) is 5.92 Å². The van der Waals surface area contributed by atoms with Gasteiger partial charge in [-0.05, 0) is 61.6 Å². The van der Waals surface area contributed by atoms with Gasteiger partial charge in [-0.1, -0.05) is 25.1 Å². The van der Waals surface area contributed by atoms with Crippen LogP contribution in [0.2, 0.25) is 0 Å². The molecule has 2 aliphatic rings. The van der Waals surface area contributed by atoms with Gasteiger partial charge in [0.25, 0.3) is 0 Å². The second kappa shape index (κ2) is 6.08. The van der Waals surface area contributed by atoms with Crippen molar-refractivity contribution in [3.63, 3.8) is 0 Å². The van der Waals surface area contributed by atoms with Gasteiger partial charge < -0.3 is 10.2 Å². The fraction of sp³-hybridized carbons (Fsp3) is 0.611. The number of hydrogen-bond donors (Lipinski definition) is 1. The zero-order chi connectivity index (χ0) is 14.8. The highest BCUT2D eigenvalue weighted by Gasteiger charge is 2.24. The predicted molar refractivity (Wildman–Crippen MR) is 85.4 cm³/mol. The van der Waals surface area contributed by atoms with Gasteiger partial charge in [-0.2, -0.15) is 0 Å². The Morgan fingerprint density at radius 3 is 2.76 bits per heavy atom. The molecule has 1 aromatic rings. The molecular weight excluding hydrogens is 260 g/mol. The number of nitrogens with one attached hydrogen (secondary N) is 1. The van der Waals surface area contributed by atoms with Crippen LogP contribution in [-0.2, 0) is 12.8 Å². The number of hydrogen-bond acceptors (Lipinski definition) is 1. The molecule has 1 heterocycles. The summed E-state index contributed by atoms with van der Waals surface area (Å²) in [5, 5.41) is 3.15. The normalized spacial score (nSPS) is 22.8. The van der Waals surface area contributed by atoms with Gasteiger partial charge in [0.15, 0.2) is 0 Å². The van der Waals surface area contributed by atoms with Gasteiger partial charge in [-0.3, -0.25) is 0 Å². The fourth-order valence-electron chi connectivity index (χ4n) is 3.50. The van der Waals surface area contributed by atoms with Crippen LogP contribution in [0.25, 0.3) is 0 Å². The summed E-state index contributed by atoms with van der Waals surface area (Å²) >= 11 is 0. The predicted octanol–water partition coefficient (Wildman–Crippen LogP) is 3.68. The average molecular weight is 286 g/mol. The number of carbonyl (C=O) groups excluding carboxylic acids is 1. The zero-order valence-corrected chi connectivity index (χ0v) is 13.2. The third-order valence-electron chi connectivity index (χ3n) is 4.92. The topological polar surface area (TPSA) is 32.3 Å². The number of carbonyl (C=O) groups is 1. The first-order chi connectivity index (χ1) is 10.1. The number of rotatable bonds is 2. The van der Waals surface area contributed by atoms with Gasteiger partial charge in [0, 0.05) is 13.1 Å². The maximum atomic E-state index is 12.3. The quantitative estimate of drug-likeness (QED) is 0.883. The summed E-state index contributed by atoms with van der Waals surface area (Å²) in [4.78, 5) is 14.2. The van der Waals surface area contributed by atoms with Crippen LogP contribution in [0.1, 0.15) is 55.8 Å². The van der Waals surface area contributed by atoms with Gasteiger partial charge in [0.05, 0.1) is 6.04 Å². The molecule has 0 bridgehead atoms. The number of benzene rings is 1. The Balaban J connectivity index is 1.65. The number of urea groups is 1. The number of aryl methyl sites for hydroxylation is 2. The second-order valence-electron chi connectivity index (χ2n) is 6.75. The molecule has 1 aliphatic carbocycles. The molecule has 1 aromatic carbocycles. The van der Waals surface area contributed by atoms with Crippen LogP contribution in [0.15, 0.2) is 18.2 Å². The highest BCUT2D eigenvalue weighted by molar-refractivity contribution is 5.75. The largest absolute Gasteiger partial charge is 0.331 e. The van der Waals surface area contributed by atoms with Gasteiger partial charge in [-0.25, -0.2) is 4.79 Å². The molecule has 3 nitrogen and oxygen atoms in total. The first kappa shape index (κ1) is 14.4. The Kier molecular flexibility index (Phi) is 4.18. The molecular formula is C18H26N2O. The molecule has 3 rings (SSSR count). The Morgan fingerprint density at radius 2 is 2.05 bits per heavy atom. The number of amides is 2. The molecule has 2 amide bonds. The minimum atomic E-state index is 0.0839. The maximum absolute atomic E-state index is 12.3. The Labute approximate surface area is 127 Å². The van der Waals surface area contributed by atoms with E-state index >= 15 is 0 Å². The SMILES string of the molecule is CC1CCN(C(=O)NC(C)c2ccc3c(c2)CCCC3)C1. The van der Waals surface area contributed by atoms with Crippen molar-refractivity contribution in [2.45, 2.75) is 52.0 Å². The maximum Gasteiger partial charge on any atom is 0.317 e. The van der Waals surface area contributed by atoms with Crippen molar-refractivity contribution in [2.75, 3.05) is 13.1 Å². The van der Waals surface area contributed by atoms with Gasteiger partial charge in [-0.15, -0.1) is 0 Å². The van der Waals surface area contributed by atoms with Crippen LogP contribution >= 0.6 is 0 Å². The summed E-state index contributed by atoms with van der Waals surface area (Å²) < 4.78 is 0. The lowest BCUT2D eigenvalue weighted by molar-refractivity contribution is 0.204. The van der Waals surface area contributed by atoms with Gasteiger partial charge in [0.2, 0.25) is 0 Å². The van der Waals surface area contributed by atoms with E-state index in [0.29, 0.717) is 5.92 Å². The molecule has 0 saturated carbocycles. The van der Waals surface area contributed by atoms with E-state index in [1.165, 1.54) is 42.4 Å². The summed E-state index contributed by atoms with van der Waals surface area (Å²) in [5.74, 6) is 0.634. The van der Waals surface area contributed by atoms with E-state index in [4.69, 9.17) is 0 Å². The van der Waals surface area contributed by atoms with Crippen LogP contribution in [0, 0.1) is 5.92 Å². The summed E-state index contributed by atoms with van der Waals surface area (Å²) in [6.45, 7) is 6.08. The van der Waals surface area contributed by atoms with E-state index in [1.807, 2.05) is 4.90 Å². The lowest BCUT2D eigenvalue weighted by atomic mass is 9.89.